The summed E-state index contributed by atoms with van der Waals surface area (Å²) in [6, 6.07) is 4.32. The Labute approximate surface area is 661 Å². The molecule has 0 radical (unpaired) electrons. The highest BCUT2D eigenvalue weighted by molar-refractivity contribution is 6.05. The van der Waals surface area contributed by atoms with Gasteiger partial charge >= 0.3 is 18.2 Å². The lowest BCUT2D eigenvalue weighted by Gasteiger charge is -2.53. The molecule has 0 bridgehead atoms. The summed E-state index contributed by atoms with van der Waals surface area (Å²) in [7, 11) is 0. The number of nitrogens with zero attached hydrogens (tertiary/aromatic N) is 12. The van der Waals surface area contributed by atoms with Crippen molar-refractivity contribution in [3.05, 3.63) is 47.3 Å². The second-order valence-corrected chi connectivity index (χ2v) is 33.7. The monoisotopic (exact) mass is 1610 g/mol. The van der Waals surface area contributed by atoms with Crippen LogP contribution in [0.4, 0.5) is 9.59 Å². The van der Waals surface area contributed by atoms with Gasteiger partial charge in [0.2, 0.25) is 35.4 Å². The number of carboxylic acids is 1. The molecule has 632 valence electrons. The summed E-state index contributed by atoms with van der Waals surface area (Å²) in [5, 5.41) is 68.9. The molecule has 10 fully saturated rings. The number of rotatable bonds is 19. The van der Waals surface area contributed by atoms with E-state index in [-0.39, 0.29) is 73.2 Å². The van der Waals surface area contributed by atoms with E-state index in [1.807, 2.05) is 30.3 Å². The van der Waals surface area contributed by atoms with E-state index in [1.54, 1.807) is 71.9 Å². The third-order valence-electron chi connectivity index (χ3n) is 22.6. The molecule has 5 spiro atoms. The molecule has 0 saturated carbocycles. The Hall–Kier alpha value is -9.70. The molecule has 1 aromatic carbocycles. The number of carbonyl (C=O) groups excluding carboxylic acids is 13. The summed E-state index contributed by atoms with van der Waals surface area (Å²) < 4.78 is 12.4. The van der Waals surface area contributed by atoms with Gasteiger partial charge in [0, 0.05) is 38.6 Å². The molecular formula is C75H115N17O22. The molecule has 5 unspecified atom stereocenters. The maximum Gasteiger partial charge on any atom is 0.411 e. The quantitative estimate of drug-likeness (QED) is 0.0634. The molecular weight excluding hydrogens is 1490 g/mol. The third-order valence-corrected chi connectivity index (χ3v) is 22.6. The van der Waals surface area contributed by atoms with Crippen molar-refractivity contribution in [2.45, 2.75) is 267 Å². The third kappa shape index (κ3) is 17.4. The van der Waals surface area contributed by atoms with Crippen LogP contribution in [0.2, 0.25) is 0 Å². The number of aliphatic hydroxyl groups excluding tert-OH is 5. The Morgan fingerprint density at radius 3 is 1.11 bits per heavy atom. The fraction of sp³-hybridized carbons (Fsp3) is 0.707. The topological polar surface area (TPSA) is 555 Å². The number of primary amides is 4. The van der Waals surface area contributed by atoms with E-state index in [4.69, 9.17) is 32.4 Å². The number of carbonyl (C=O) groups is 14. The maximum atomic E-state index is 13.3. The molecule has 39 heteroatoms. The first kappa shape index (κ1) is 89.8. The second-order valence-electron chi connectivity index (χ2n) is 33.7. The molecule has 10 aliphatic rings. The number of aliphatic hydroxyl groups is 5. The van der Waals surface area contributed by atoms with Gasteiger partial charge in [-0.25, -0.2) is 19.1 Å². The zero-order valence-corrected chi connectivity index (χ0v) is 67.5. The van der Waals surface area contributed by atoms with Gasteiger partial charge < -0.3 is 103 Å². The average Bonchev–Trinajstić information content (AvgIpc) is 1.41. The summed E-state index contributed by atoms with van der Waals surface area (Å²) in [4.78, 5) is 183. The largest absolute Gasteiger partial charge is 0.480 e. The molecule has 13 amide bonds. The van der Waals surface area contributed by atoms with Crippen LogP contribution in [0.5, 0.6) is 0 Å². The minimum atomic E-state index is -1.30. The molecule has 1 aromatic heterocycles. The van der Waals surface area contributed by atoms with E-state index >= 15 is 0 Å². The number of amides is 13. The molecule has 12 rings (SSSR count). The first-order chi connectivity index (χ1) is 52.9. The molecule has 10 aliphatic heterocycles. The number of aliphatic carboxylic acids is 1. The summed E-state index contributed by atoms with van der Waals surface area (Å²) in [6.07, 6.45) is 0.251. The van der Waals surface area contributed by atoms with Crippen molar-refractivity contribution in [2.24, 2.45) is 28.9 Å². The zero-order valence-electron chi connectivity index (χ0n) is 67.5. The average molecular weight is 1610 g/mol. The number of aromatic nitrogens is 3. The smallest absolute Gasteiger partial charge is 0.411 e. The van der Waals surface area contributed by atoms with Crippen LogP contribution in [-0.4, -0.2) is 338 Å². The second kappa shape index (κ2) is 34.4. The molecule has 114 heavy (non-hydrogen) atoms. The van der Waals surface area contributed by atoms with E-state index in [2.05, 4.69) is 15.6 Å². The van der Waals surface area contributed by atoms with Crippen LogP contribution >= 0.6 is 0 Å². The lowest BCUT2D eigenvalue weighted by molar-refractivity contribution is -0.176. The van der Waals surface area contributed by atoms with Crippen LogP contribution < -0.4 is 28.3 Å². The maximum absolute atomic E-state index is 13.3. The Bertz CT molecular complexity index is 3910. The van der Waals surface area contributed by atoms with Crippen LogP contribution in [0, 0.1) is 12.8 Å². The Morgan fingerprint density at radius 1 is 0.474 bits per heavy atom. The normalized spacial score (nSPS) is 26.7. The van der Waals surface area contributed by atoms with Crippen LogP contribution in [0.1, 0.15) is 176 Å². The van der Waals surface area contributed by atoms with Crippen LogP contribution in [0.15, 0.2) is 30.3 Å². The van der Waals surface area contributed by atoms with Gasteiger partial charge in [-0.1, -0.05) is 49.4 Å². The highest BCUT2D eigenvalue weighted by Crippen LogP contribution is 2.46. The summed E-state index contributed by atoms with van der Waals surface area (Å²) in [6.45, 7) is 27.3. The number of hydrogen-bond donors (Lipinski definition) is 11. The van der Waals surface area contributed by atoms with E-state index < -0.39 is 147 Å². The van der Waals surface area contributed by atoms with Crippen LogP contribution in [0.3, 0.4) is 0 Å². The Balaban J connectivity index is 0.000000181. The van der Waals surface area contributed by atoms with Gasteiger partial charge in [-0.15, -0.1) is 5.10 Å². The lowest BCUT2D eigenvalue weighted by atomic mass is 9.83. The number of carboxylic acid groups (broad SMARTS) is 1. The predicted molar refractivity (Wildman–Crippen MR) is 402 cm³/mol. The first-order valence-electron chi connectivity index (χ1n) is 38.6. The number of nitrogens with one attached hydrogen (secondary N) is 1. The van der Waals surface area contributed by atoms with Crippen molar-refractivity contribution in [3.8, 4) is 0 Å². The number of nitrogens with two attached hydrogens (primary N) is 4. The fourth-order valence-electron chi connectivity index (χ4n) is 17.2. The van der Waals surface area contributed by atoms with E-state index in [0.717, 1.165) is 36.3 Å². The molecule has 39 nitrogen and oxygen atoms in total. The van der Waals surface area contributed by atoms with Gasteiger partial charge in [-0.05, 0) is 159 Å². The summed E-state index contributed by atoms with van der Waals surface area (Å²) in [5.41, 5.74) is 17.3. The highest BCUT2D eigenvalue weighted by atomic mass is 16.6. The molecule has 11 heterocycles. The van der Waals surface area contributed by atoms with Gasteiger partial charge in [-0.2, -0.15) is 0 Å². The fourth-order valence-corrected chi connectivity index (χ4v) is 17.2. The SMILES string of the molecule is CC(C)C(=O)N1CCCC12CN([C@H](C(N)=O)[C@@H](C)O)C2=O.C[C@@H](O)[C@@H](C(=O)O)N1CC2(CCCN2C(=O)OC(C)(C)C)C1=O.C[C@@H](O)[C@@H](C(N)=O)N1CC2(CCCN2)C1=O.C[C@@H](O)[C@@H](C(N)=O)N1CC2(CCCN2C(=O)OC(C)(C)C)C1=O.Cc1c(C(=O)N2CCCC23CN([C@H](C(N)=O)[C@@H](C)O)C3=O)nnn1Cc1ccccc1. The minimum Gasteiger partial charge on any atom is -0.480 e. The predicted octanol–water partition coefficient (Wildman–Crippen LogP) is -2.78. The lowest BCUT2D eigenvalue weighted by Crippen LogP contribution is -2.77. The summed E-state index contributed by atoms with van der Waals surface area (Å²) in [5.74, 6) is -6.30. The van der Waals surface area contributed by atoms with Gasteiger partial charge in [0.15, 0.2) is 11.7 Å². The van der Waals surface area contributed by atoms with Crippen molar-refractivity contribution in [1.82, 2.24) is 64.4 Å². The molecule has 10 saturated heterocycles. The zero-order chi connectivity index (χ0) is 85.4. The number of hydrogen-bond acceptors (Lipinski definition) is 24. The van der Waals surface area contributed by atoms with Crippen molar-refractivity contribution in [1.29, 1.82) is 0 Å². The van der Waals surface area contributed by atoms with Crippen LogP contribution in [-0.2, 0) is 68.8 Å². The minimum absolute atomic E-state index is 0.0480. The number of benzene rings is 1. The van der Waals surface area contributed by atoms with Crippen LogP contribution in [0.25, 0.3) is 0 Å². The molecule has 15 N–H and O–H groups in total. The number of β-lactam (4-membered cyclic amide) rings is 5. The summed E-state index contributed by atoms with van der Waals surface area (Å²) >= 11 is 0. The molecule has 15 atom stereocenters. The van der Waals surface area contributed by atoms with Crippen molar-refractivity contribution >= 4 is 83.1 Å². The van der Waals surface area contributed by atoms with Crippen molar-refractivity contribution in [2.75, 3.05) is 65.4 Å². The number of likely N-dealkylation sites (tertiary alicyclic amines) is 9. The van der Waals surface area contributed by atoms with Gasteiger partial charge in [0.05, 0.1) is 68.9 Å². The van der Waals surface area contributed by atoms with E-state index in [0.29, 0.717) is 89.9 Å². The Morgan fingerprint density at radius 2 is 0.807 bits per heavy atom. The van der Waals surface area contributed by atoms with E-state index in [1.165, 1.54) is 68.9 Å². The van der Waals surface area contributed by atoms with Crippen molar-refractivity contribution in [3.63, 3.8) is 0 Å². The number of ether oxygens (including phenoxy) is 2. The molecule has 2 aromatic rings. The van der Waals surface area contributed by atoms with Crippen molar-refractivity contribution < 1.29 is 107 Å². The highest BCUT2D eigenvalue weighted by Gasteiger charge is 2.67. The first-order valence-corrected chi connectivity index (χ1v) is 38.6. The van der Waals surface area contributed by atoms with Gasteiger partial charge in [-0.3, -0.25) is 62.5 Å². The van der Waals surface area contributed by atoms with E-state index in [9.17, 15) is 97.8 Å². The standard InChI is InChI=1S/C21H26N6O4.C15H25N3O5.C15H24N2O6.C14H23N3O4.C10H17N3O3/c1-13-16(23-24-27(13)11-15-7-4-3-5-8-15)19(30)26-10-6-9-21(26)12-25(20(21)31)17(14(2)28)18(22)29;1-9(19)10(11(16)20)17-8-15(12(17)21)6-5-7-18(15)13(22)23-14(2,3)4;1-9(18)10(11(19)20)16-8-15(12(16)21)6-5-7-17(15)13(22)23-14(2,3)4;1-8(2)12(20)17-6-4-5-14(17)7-16(13(14)21)10(9(3)18)11(15)19;1-6(14)7(8(11)15)13-5-10(9(13)16)3-2-4-12-10/h3-5,7-8,14,17,28H,6,9-12H2,1-2H3,(H2,22,29);9-10,19H,5-8H2,1-4H3,(H2,16,20);9-10,18H,5-8H2,1-4H3,(H,19,20);8-10,18H,4-7H2,1-3H3,(H2,15,19);6-7,12,14H,2-5H2,1H3,(H2,11,15)/t14-,17+,21?;2*9-,10+,15?;9-,10+,14?;6-,7+,10?/m11111/s1. The van der Waals surface area contributed by atoms with Gasteiger partial charge in [0.1, 0.15) is 63.1 Å². The Kier molecular flexibility index (Phi) is 27.1. The molecule has 0 aliphatic carbocycles. The van der Waals surface area contributed by atoms with Gasteiger partial charge in [0.25, 0.3) is 29.5 Å².